The van der Waals surface area contributed by atoms with E-state index in [1.807, 2.05) is 0 Å². The normalized spacial score (nSPS) is 18.4. The fourth-order valence-electron chi connectivity index (χ4n) is 1.21. The van der Waals surface area contributed by atoms with E-state index in [9.17, 15) is 0 Å². The van der Waals surface area contributed by atoms with Crippen LogP contribution in [0.5, 0.6) is 0 Å². The predicted octanol–water partition coefficient (Wildman–Crippen LogP) is 2.17. The van der Waals surface area contributed by atoms with Gasteiger partial charge >= 0.3 is 0 Å². The van der Waals surface area contributed by atoms with Crippen LogP contribution < -0.4 is 5.73 Å². The molecule has 0 saturated heterocycles. The smallest absolute Gasteiger partial charge is 0.0142 e. The molecule has 0 saturated carbocycles. The highest BCUT2D eigenvalue weighted by molar-refractivity contribution is 5.28. The molecule has 0 fully saturated rings. The van der Waals surface area contributed by atoms with E-state index in [0.717, 1.165) is 12.8 Å². The number of hydrogen-bond acceptors (Lipinski definition) is 1. The molecule has 60 valence electrons. The summed E-state index contributed by atoms with van der Waals surface area (Å²) in [5, 5.41) is 0. The first-order valence-electron chi connectivity index (χ1n) is 4.06. The van der Waals surface area contributed by atoms with Crippen LogP contribution in [0.15, 0.2) is 35.5 Å². The van der Waals surface area contributed by atoms with Crippen molar-refractivity contribution in [2.45, 2.75) is 19.8 Å². The fraction of sp³-hybridized carbons (Fsp3) is 0.400. The topological polar surface area (TPSA) is 26.0 Å². The molecule has 0 atom stereocenters. The second-order valence-corrected chi connectivity index (χ2v) is 2.82. The molecule has 1 aliphatic rings. The molecule has 1 heteroatoms. The van der Waals surface area contributed by atoms with Crippen LogP contribution in [-0.2, 0) is 0 Å². The first-order valence-corrected chi connectivity index (χ1v) is 4.06. The lowest BCUT2D eigenvalue weighted by molar-refractivity contribution is 0.912. The van der Waals surface area contributed by atoms with Crippen LogP contribution in [0, 0.1) is 0 Å². The van der Waals surface area contributed by atoms with Crippen LogP contribution in [0.2, 0.25) is 0 Å². The van der Waals surface area contributed by atoms with E-state index in [1.165, 1.54) is 11.1 Å². The van der Waals surface area contributed by atoms with Crippen molar-refractivity contribution in [3.05, 3.63) is 35.5 Å². The van der Waals surface area contributed by atoms with Crippen LogP contribution in [-0.4, -0.2) is 6.54 Å². The van der Waals surface area contributed by atoms with Crippen LogP contribution in [0.1, 0.15) is 19.8 Å². The monoisotopic (exact) mass is 149 g/mol. The van der Waals surface area contributed by atoms with E-state index < -0.39 is 0 Å². The SMILES string of the molecule is CC1=C(CN)CCC=CC=C1. The van der Waals surface area contributed by atoms with Gasteiger partial charge in [0.05, 0.1) is 0 Å². The molecule has 0 unspecified atom stereocenters. The maximum absolute atomic E-state index is 5.60. The van der Waals surface area contributed by atoms with E-state index in [2.05, 4.69) is 31.2 Å². The third-order valence-electron chi connectivity index (χ3n) is 2.01. The van der Waals surface area contributed by atoms with Gasteiger partial charge in [-0.15, -0.1) is 0 Å². The lowest BCUT2D eigenvalue weighted by Gasteiger charge is -2.06. The van der Waals surface area contributed by atoms with Crippen molar-refractivity contribution in [3.63, 3.8) is 0 Å². The van der Waals surface area contributed by atoms with Crippen molar-refractivity contribution >= 4 is 0 Å². The summed E-state index contributed by atoms with van der Waals surface area (Å²) in [6, 6.07) is 0. The van der Waals surface area contributed by atoms with Crippen molar-refractivity contribution in [1.29, 1.82) is 0 Å². The molecular weight excluding hydrogens is 134 g/mol. The Kier molecular flexibility index (Phi) is 3.12. The molecule has 2 N–H and O–H groups in total. The summed E-state index contributed by atoms with van der Waals surface area (Å²) in [4.78, 5) is 0. The first kappa shape index (κ1) is 8.28. The lowest BCUT2D eigenvalue weighted by Crippen LogP contribution is -2.05. The highest BCUT2D eigenvalue weighted by Crippen LogP contribution is 2.13. The number of nitrogens with two attached hydrogens (primary N) is 1. The van der Waals surface area contributed by atoms with Gasteiger partial charge < -0.3 is 5.73 Å². The summed E-state index contributed by atoms with van der Waals surface area (Å²) in [6.45, 7) is 2.82. The molecule has 0 aromatic carbocycles. The molecule has 11 heavy (non-hydrogen) atoms. The zero-order valence-corrected chi connectivity index (χ0v) is 7.01. The molecule has 0 heterocycles. The Bertz CT molecular complexity index is 209. The van der Waals surface area contributed by atoms with Crippen LogP contribution >= 0.6 is 0 Å². The second kappa shape index (κ2) is 4.14. The Labute approximate surface area is 68.3 Å². The fourth-order valence-corrected chi connectivity index (χ4v) is 1.21. The van der Waals surface area contributed by atoms with E-state index in [0.29, 0.717) is 6.54 Å². The molecule has 0 bridgehead atoms. The zero-order valence-electron chi connectivity index (χ0n) is 7.01. The van der Waals surface area contributed by atoms with Crippen molar-refractivity contribution in [1.82, 2.24) is 0 Å². The Morgan fingerprint density at radius 2 is 2.27 bits per heavy atom. The van der Waals surface area contributed by atoms with Crippen LogP contribution in [0.4, 0.5) is 0 Å². The number of hydrogen-bond donors (Lipinski definition) is 1. The summed E-state index contributed by atoms with van der Waals surface area (Å²) in [6.07, 6.45) is 10.7. The van der Waals surface area contributed by atoms with Gasteiger partial charge in [0.15, 0.2) is 0 Å². The van der Waals surface area contributed by atoms with E-state index >= 15 is 0 Å². The Morgan fingerprint density at radius 3 is 3.00 bits per heavy atom. The summed E-state index contributed by atoms with van der Waals surface area (Å²) in [5.41, 5.74) is 8.31. The average molecular weight is 149 g/mol. The molecular formula is C10H15N. The third-order valence-corrected chi connectivity index (χ3v) is 2.01. The highest BCUT2D eigenvalue weighted by Gasteiger charge is 1.97. The summed E-state index contributed by atoms with van der Waals surface area (Å²) >= 11 is 0. The summed E-state index contributed by atoms with van der Waals surface area (Å²) < 4.78 is 0. The van der Waals surface area contributed by atoms with Gasteiger partial charge in [-0.3, -0.25) is 0 Å². The van der Waals surface area contributed by atoms with Crippen molar-refractivity contribution in [3.8, 4) is 0 Å². The Morgan fingerprint density at radius 1 is 1.45 bits per heavy atom. The van der Waals surface area contributed by atoms with Crippen molar-refractivity contribution in [2.75, 3.05) is 6.54 Å². The van der Waals surface area contributed by atoms with Crippen molar-refractivity contribution < 1.29 is 0 Å². The van der Waals surface area contributed by atoms with Gasteiger partial charge in [-0.2, -0.15) is 0 Å². The minimum absolute atomic E-state index is 0.698. The van der Waals surface area contributed by atoms with E-state index in [1.54, 1.807) is 0 Å². The predicted molar refractivity (Wildman–Crippen MR) is 49.3 cm³/mol. The maximum Gasteiger partial charge on any atom is 0.0142 e. The van der Waals surface area contributed by atoms with E-state index in [-0.39, 0.29) is 0 Å². The van der Waals surface area contributed by atoms with Gasteiger partial charge in [0.2, 0.25) is 0 Å². The average Bonchev–Trinajstić information content (AvgIpc) is 1.98. The largest absolute Gasteiger partial charge is 0.327 e. The lowest BCUT2D eigenvalue weighted by atomic mass is 10.0. The van der Waals surface area contributed by atoms with Gasteiger partial charge in [-0.05, 0) is 19.8 Å². The van der Waals surface area contributed by atoms with Gasteiger partial charge in [0.25, 0.3) is 0 Å². The van der Waals surface area contributed by atoms with E-state index in [4.69, 9.17) is 5.73 Å². The standard InChI is InChI=1S/C10H15N/c1-9-6-4-2-3-5-7-10(9)8-11/h2-4,6H,5,7-8,11H2,1H3. The molecule has 0 aromatic rings. The molecule has 0 aromatic heterocycles. The maximum atomic E-state index is 5.60. The Balaban J connectivity index is 2.79. The van der Waals surface area contributed by atoms with Gasteiger partial charge in [0.1, 0.15) is 0 Å². The molecule has 0 radical (unpaired) electrons. The summed E-state index contributed by atoms with van der Waals surface area (Å²) in [7, 11) is 0. The van der Waals surface area contributed by atoms with Crippen LogP contribution in [0.25, 0.3) is 0 Å². The zero-order chi connectivity index (χ0) is 8.10. The summed E-state index contributed by atoms with van der Waals surface area (Å²) in [5.74, 6) is 0. The number of allylic oxidation sites excluding steroid dienone is 5. The molecule has 0 aliphatic heterocycles. The Hall–Kier alpha value is -0.820. The molecule has 1 aliphatic carbocycles. The van der Waals surface area contributed by atoms with Gasteiger partial charge in [-0.25, -0.2) is 0 Å². The van der Waals surface area contributed by atoms with Gasteiger partial charge in [-0.1, -0.05) is 35.5 Å². The second-order valence-electron chi connectivity index (χ2n) is 2.82. The third kappa shape index (κ3) is 2.35. The quantitative estimate of drug-likeness (QED) is 0.607. The molecule has 0 amide bonds. The molecule has 1 rings (SSSR count). The minimum Gasteiger partial charge on any atom is -0.327 e. The van der Waals surface area contributed by atoms with Gasteiger partial charge in [0, 0.05) is 6.54 Å². The van der Waals surface area contributed by atoms with Crippen molar-refractivity contribution in [2.24, 2.45) is 5.73 Å². The minimum atomic E-state index is 0.698. The van der Waals surface area contributed by atoms with Crippen LogP contribution in [0.3, 0.4) is 0 Å². The molecule has 1 nitrogen and oxygen atoms in total. The number of rotatable bonds is 1. The highest BCUT2D eigenvalue weighted by atomic mass is 14.5. The molecule has 0 spiro atoms. The first-order chi connectivity index (χ1) is 5.34.